The second-order valence-corrected chi connectivity index (χ2v) is 4.78. The van der Waals surface area contributed by atoms with E-state index in [1.165, 1.54) is 6.92 Å². The number of benzene rings is 2. The first-order valence-electron chi connectivity index (χ1n) is 6.79. The molecule has 0 fully saturated rings. The molecule has 2 aromatic carbocycles. The zero-order valence-corrected chi connectivity index (χ0v) is 12.4. The lowest BCUT2D eigenvalue weighted by molar-refractivity contribution is -0.114. The Balaban J connectivity index is 2.01. The van der Waals surface area contributed by atoms with Crippen LogP contribution >= 0.6 is 0 Å². The molecule has 2 aromatic rings. The predicted molar refractivity (Wildman–Crippen MR) is 88.3 cm³/mol. The Hall–Kier alpha value is -3.35. The van der Waals surface area contributed by atoms with Gasteiger partial charge in [0.2, 0.25) is 5.91 Å². The number of rotatable bonds is 4. The summed E-state index contributed by atoms with van der Waals surface area (Å²) in [5.74, 6) is -0.450. The molecule has 4 amide bonds. The fourth-order valence-electron chi connectivity index (χ4n) is 1.89. The molecule has 5 N–H and O–H groups in total. The van der Waals surface area contributed by atoms with Gasteiger partial charge < -0.3 is 21.7 Å². The van der Waals surface area contributed by atoms with Crippen LogP contribution in [0.3, 0.4) is 0 Å². The van der Waals surface area contributed by atoms with Crippen molar-refractivity contribution in [3.8, 4) is 0 Å². The van der Waals surface area contributed by atoms with Crippen molar-refractivity contribution >= 4 is 34.9 Å². The van der Waals surface area contributed by atoms with Crippen LogP contribution < -0.4 is 21.7 Å². The highest BCUT2D eigenvalue weighted by Gasteiger charge is 2.06. The van der Waals surface area contributed by atoms with Crippen LogP contribution in [0.2, 0.25) is 0 Å². The number of nitrogens with one attached hydrogen (secondary N) is 3. The summed E-state index contributed by atoms with van der Waals surface area (Å²) in [5.41, 5.74) is 7.21. The Morgan fingerprint density at radius 1 is 0.739 bits per heavy atom. The third-order valence-electron chi connectivity index (χ3n) is 2.88. The highest BCUT2D eigenvalue weighted by Crippen LogP contribution is 2.15. The topological polar surface area (TPSA) is 113 Å². The van der Waals surface area contributed by atoms with Gasteiger partial charge in [-0.1, -0.05) is 0 Å². The van der Waals surface area contributed by atoms with E-state index >= 15 is 0 Å². The fourth-order valence-corrected chi connectivity index (χ4v) is 1.89. The Morgan fingerprint density at radius 2 is 1.17 bits per heavy atom. The predicted octanol–water partition coefficient (Wildman–Crippen LogP) is 2.39. The van der Waals surface area contributed by atoms with Gasteiger partial charge in [-0.15, -0.1) is 0 Å². The molecule has 7 nitrogen and oxygen atoms in total. The molecule has 0 aliphatic carbocycles. The maximum Gasteiger partial charge on any atom is 0.316 e. The van der Waals surface area contributed by atoms with Gasteiger partial charge in [-0.05, 0) is 48.5 Å². The summed E-state index contributed by atoms with van der Waals surface area (Å²) < 4.78 is 0. The summed E-state index contributed by atoms with van der Waals surface area (Å²) in [6.07, 6.45) is 0. The third kappa shape index (κ3) is 4.85. The van der Waals surface area contributed by atoms with Crippen molar-refractivity contribution in [3.63, 3.8) is 0 Å². The lowest BCUT2D eigenvalue weighted by atomic mass is 10.2. The number of amides is 4. The Labute approximate surface area is 132 Å². The van der Waals surface area contributed by atoms with Gasteiger partial charge >= 0.3 is 6.03 Å². The van der Waals surface area contributed by atoms with Crippen LogP contribution in [0.1, 0.15) is 17.3 Å². The van der Waals surface area contributed by atoms with Gasteiger partial charge in [0.15, 0.2) is 0 Å². The maximum atomic E-state index is 12.1. The fraction of sp³-hybridized carbons (Fsp3) is 0.0625. The van der Waals surface area contributed by atoms with Crippen LogP contribution in [0.15, 0.2) is 48.5 Å². The molecule has 0 aliphatic rings. The van der Waals surface area contributed by atoms with E-state index in [1.807, 2.05) is 0 Å². The normalized spacial score (nSPS) is 9.78. The van der Waals surface area contributed by atoms with Crippen molar-refractivity contribution in [2.45, 2.75) is 6.92 Å². The quantitative estimate of drug-likeness (QED) is 0.695. The molecule has 0 heterocycles. The van der Waals surface area contributed by atoms with Crippen LogP contribution in [-0.4, -0.2) is 17.8 Å². The van der Waals surface area contributed by atoms with Crippen molar-refractivity contribution in [1.29, 1.82) is 0 Å². The summed E-state index contributed by atoms with van der Waals surface area (Å²) in [7, 11) is 0. The van der Waals surface area contributed by atoms with Gasteiger partial charge in [-0.2, -0.15) is 0 Å². The highest BCUT2D eigenvalue weighted by molar-refractivity contribution is 6.04. The average molecular weight is 312 g/mol. The molecule has 0 aromatic heterocycles. The minimum absolute atomic E-state index is 0.161. The van der Waals surface area contributed by atoms with E-state index in [0.717, 1.165) is 0 Å². The largest absolute Gasteiger partial charge is 0.351 e. The van der Waals surface area contributed by atoms with Gasteiger partial charge in [-0.3, -0.25) is 9.59 Å². The van der Waals surface area contributed by atoms with Crippen LogP contribution in [-0.2, 0) is 4.79 Å². The van der Waals surface area contributed by atoms with Crippen LogP contribution in [0.4, 0.5) is 21.9 Å². The zero-order valence-electron chi connectivity index (χ0n) is 12.4. The first-order chi connectivity index (χ1) is 10.9. The molecule has 0 unspecified atom stereocenters. The summed E-state index contributed by atoms with van der Waals surface area (Å²) >= 11 is 0. The van der Waals surface area contributed by atoms with Gasteiger partial charge in [0, 0.05) is 29.5 Å². The van der Waals surface area contributed by atoms with Crippen LogP contribution in [0.25, 0.3) is 0 Å². The van der Waals surface area contributed by atoms with Crippen molar-refractivity contribution < 1.29 is 14.4 Å². The maximum absolute atomic E-state index is 12.1. The van der Waals surface area contributed by atoms with Gasteiger partial charge in [0.25, 0.3) is 5.91 Å². The molecule has 23 heavy (non-hydrogen) atoms. The molecule has 7 heteroatoms. The van der Waals surface area contributed by atoms with Crippen molar-refractivity contribution in [2.24, 2.45) is 5.73 Å². The number of urea groups is 1. The minimum atomic E-state index is -0.665. The van der Waals surface area contributed by atoms with Crippen molar-refractivity contribution in [2.75, 3.05) is 16.0 Å². The molecule has 0 saturated heterocycles. The molecule has 2 rings (SSSR count). The number of primary amides is 1. The number of anilines is 3. The molecule has 0 aliphatic heterocycles. The second-order valence-electron chi connectivity index (χ2n) is 4.78. The van der Waals surface area contributed by atoms with Crippen LogP contribution in [0, 0.1) is 0 Å². The molecule has 0 atom stereocenters. The van der Waals surface area contributed by atoms with Crippen molar-refractivity contribution in [1.82, 2.24) is 0 Å². The summed E-state index contributed by atoms with van der Waals surface area (Å²) in [6, 6.07) is 12.4. The van der Waals surface area contributed by atoms with E-state index < -0.39 is 6.03 Å². The van der Waals surface area contributed by atoms with E-state index in [1.54, 1.807) is 48.5 Å². The number of nitrogens with two attached hydrogens (primary N) is 1. The van der Waals surface area contributed by atoms with E-state index in [2.05, 4.69) is 16.0 Å². The van der Waals surface area contributed by atoms with E-state index in [4.69, 9.17) is 5.73 Å². The van der Waals surface area contributed by atoms with Gasteiger partial charge in [-0.25, -0.2) is 4.79 Å². The average Bonchev–Trinajstić information content (AvgIpc) is 2.49. The van der Waals surface area contributed by atoms with E-state index in [9.17, 15) is 14.4 Å². The lowest BCUT2D eigenvalue weighted by Crippen LogP contribution is -2.19. The van der Waals surface area contributed by atoms with E-state index in [0.29, 0.717) is 22.6 Å². The zero-order chi connectivity index (χ0) is 16.8. The summed E-state index contributed by atoms with van der Waals surface area (Å²) in [5, 5.41) is 7.79. The van der Waals surface area contributed by atoms with E-state index in [-0.39, 0.29) is 11.8 Å². The molecule has 0 bridgehead atoms. The number of carbonyl (C=O) groups is 3. The third-order valence-corrected chi connectivity index (χ3v) is 2.88. The Morgan fingerprint density at radius 3 is 1.65 bits per heavy atom. The smallest absolute Gasteiger partial charge is 0.316 e. The SMILES string of the molecule is CC(=O)Nc1ccc(NC(=O)c2ccc(NC(N)=O)cc2)cc1. The molecule has 0 spiro atoms. The number of hydrogen-bond donors (Lipinski definition) is 4. The summed E-state index contributed by atoms with van der Waals surface area (Å²) in [6.45, 7) is 1.42. The van der Waals surface area contributed by atoms with Crippen molar-refractivity contribution in [3.05, 3.63) is 54.1 Å². The van der Waals surface area contributed by atoms with Gasteiger partial charge in [0.05, 0.1) is 0 Å². The van der Waals surface area contributed by atoms with Gasteiger partial charge in [0.1, 0.15) is 0 Å². The molecule has 0 saturated carbocycles. The molecule has 0 radical (unpaired) electrons. The highest BCUT2D eigenvalue weighted by atomic mass is 16.2. The molecular weight excluding hydrogens is 296 g/mol. The molecular formula is C16H16N4O3. The Bertz CT molecular complexity index is 724. The Kier molecular flexibility index (Phi) is 4.93. The number of hydrogen-bond acceptors (Lipinski definition) is 3. The van der Waals surface area contributed by atoms with Crippen LogP contribution in [0.5, 0.6) is 0 Å². The standard InChI is InChI=1S/C16H16N4O3/c1-10(21)18-12-6-8-13(9-7-12)19-15(22)11-2-4-14(5-3-11)20-16(17)23/h2-9H,1H3,(H,18,21)(H,19,22)(H3,17,20,23). The monoisotopic (exact) mass is 312 g/mol. The first kappa shape index (κ1) is 16.0. The second kappa shape index (κ2) is 7.08. The summed E-state index contributed by atoms with van der Waals surface area (Å²) in [4.78, 5) is 33.8. The molecule has 118 valence electrons. The number of carbonyl (C=O) groups excluding carboxylic acids is 3. The minimum Gasteiger partial charge on any atom is -0.351 e. The lowest BCUT2D eigenvalue weighted by Gasteiger charge is -2.08. The first-order valence-corrected chi connectivity index (χ1v) is 6.79.